The Balaban J connectivity index is 1.51. The molecular formula is C24H28N8O. The second-order valence-electron chi connectivity index (χ2n) is 8.45. The first-order valence-corrected chi connectivity index (χ1v) is 11.4. The van der Waals surface area contributed by atoms with E-state index in [9.17, 15) is 4.79 Å². The van der Waals surface area contributed by atoms with Gasteiger partial charge in [-0.25, -0.2) is 15.0 Å². The average Bonchev–Trinajstić information content (AvgIpc) is 3.49. The lowest BCUT2D eigenvalue weighted by Gasteiger charge is -2.15. The molecule has 1 amide bonds. The number of hydrogen-bond donors (Lipinski definition) is 1. The molecule has 9 nitrogen and oxygen atoms in total. The predicted molar refractivity (Wildman–Crippen MR) is 127 cm³/mol. The van der Waals surface area contributed by atoms with E-state index in [1.54, 1.807) is 6.33 Å². The fourth-order valence-electron chi connectivity index (χ4n) is 4.43. The number of rotatable bonds is 7. The zero-order valence-corrected chi connectivity index (χ0v) is 19.2. The molecule has 1 N–H and O–H groups in total. The third-order valence-corrected chi connectivity index (χ3v) is 6.23. The van der Waals surface area contributed by atoms with Crippen molar-refractivity contribution >= 4 is 22.9 Å². The average molecular weight is 445 g/mol. The van der Waals surface area contributed by atoms with E-state index in [0.29, 0.717) is 24.6 Å². The summed E-state index contributed by atoms with van der Waals surface area (Å²) in [5.74, 6) is 1.58. The number of hydrogen-bond acceptors (Lipinski definition) is 6. The van der Waals surface area contributed by atoms with Crippen molar-refractivity contribution in [3.8, 4) is 17.1 Å². The number of carbonyl (C=O) groups excluding carboxylic acids is 1. The lowest BCUT2D eigenvalue weighted by atomic mass is 10.2. The highest BCUT2D eigenvalue weighted by Gasteiger charge is 2.21. The predicted octanol–water partition coefficient (Wildman–Crippen LogP) is 3.26. The number of carbonyl (C=O) groups is 1. The van der Waals surface area contributed by atoms with E-state index in [-0.39, 0.29) is 5.91 Å². The van der Waals surface area contributed by atoms with Crippen LogP contribution in [-0.4, -0.2) is 59.7 Å². The Morgan fingerprint density at radius 2 is 1.94 bits per heavy atom. The topological polar surface area (TPSA) is 93.8 Å². The summed E-state index contributed by atoms with van der Waals surface area (Å²) in [5, 5.41) is 8.00. The molecule has 9 heteroatoms. The van der Waals surface area contributed by atoms with Crippen LogP contribution in [0.3, 0.4) is 0 Å². The lowest BCUT2D eigenvalue weighted by molar-refractivity contribution is -0.127. The van der Waals surface area contributed by atoms with Crippen LogP contribution in [0, 0.1) is 13.8 Å². The molecular weight excluding hydrogens is 416 g/mol. The third-order valence-electron chi connectivity index (χ3n) is 6.23. The van der Waals surface area contributed by atoms with Crippen LogP contribution >= 0.6 is 0 Å². The standard InChI is InChI=1S/C24H28N8O/c1-16-20(17(2)30(3)29-16)22-27-23(25-12-8-14-31-13-7-11-19(31)33)21-24(28-22)32(15-26-21)18-9-5-4-6-10-18/h4-6,9-10,15H,7-8,11-14H2,1-3H3,(H,25,27,28). The van der Waals surface area contributed by atoms with Gasteiger partial charge in [-0.05, 0) is 38.8 Å². The number of amides is 1. The highest BCUT2D eigenvalue weighted by atomic mass is 16.2. The molecule has 0 atom stereocenters. The molecule has 0 bridgehead atoms. The number of para-hydroxylation sites is 1. The van der Waals surface area contributed by atoms with Gasteiger partial charge in [-0.2, -0.15) is 5.10 Å². The van der Waals surface area contributed by atoms with Crippen molar-refractivity contribution in [3.05, 3.63) is 48.0 Å². The molecule has 4 heterocycles. The van der Waals surface area contributed by atoms with Crippen LogP contribution in [0.1, 0.15) is 30.7 Å². The molecule has 33 heavy (non-hydrogen) atoms. The van der Waals surface area contributed by atoms with Crippen LogP contribution in [0.2, 0.25) is 0 Å². The van der Waals surface area contributed by atoms with Crippen molar-refractivity contribution in [1.82, 2.24) is 34.2 Å². The van der Waals surface area contributed by atoms with Gasteiger partial charge in [-0.15, -0.1) is 0 Å². The first kappa shape index (κ1) is 21.1. The number of aromatic nitrogens is 6. The van der Waals surface area contributed by atoms with Gasteiger partial charge < -0.3 is 10.2 Å². The van der Waals surface area contributed by atoms with Crippen LogP contribution in [0.5, 0.6) is 0 Å². The van der Waals surface area contributed by atoms with Crippen molar-refractivity contribution in [2.45, 2.75) is 33.1 Å². The first-order chi connectivity index (χ1) is 16.0. The zero-order chi connectivity index (χ0) is 22.9. The molecule has 0 aliphatic carbocycles. The van der Waals surface area contributed by atoms with Crippen LogP contribution in [0.15, 0.2) is 36.7 Å². The van der Waals surface area contributed by atoms with Crippen molar-refractivity contribution in [1.29, 1.82) is 0 Å². The second-order valence-corrected chi connectivity index (χ2v) is 8.45. The SMILES string of the molecule is Cc1nn(C)c(C)c1-c1nc(NCCCN2CCCC2=O)c2ncn(-c3ccccc3)c2n1. The Morgan fingerprint density at radius 3 is 2.64 bits per heavy atom. The molecule has 1 fully saturated rings. The Kier molecular flexibility index (Phi) is 5.53. The highest BCUT2D eigenvalue weighted by Crippen LogP contribution is 2.29. The second kappa shape index (κ2) is 8.65. The summed E-state index contributed by atoms with van der Waals surface area (Å²) in [6, 6.07) is 10.0. The molecule has 5 rings (SSSR count). The van der Waals surface area contributed by atoms with Gasteiger partial charge in [0.05, 0.1) is 11.3 Å². The van der Waals surface area contributed by atoms with Gasteiger partial charge in [0, 0.05) is 44.5 Å². The number of anilines is 1. The molecule has 0 unspecified atom stereocenters. The highest BCUT2D eigenvalue weighted by molar-refractivity contribution is 5.86. The smallest absolute Gasteiger partial charge is 0.222 e. The summed E-state index contributed by atoms with van der Waals surface area (Å²) in [5.41, 5.74) is 5.29. The Labute approximate surface area is 192 Å². The largest absolute Gasteiger partial charge is 0.368 e. The minimum absolute atomic E-state index is 0.255. The molecule has 0 radical (unpaired) electrons. The number of imidazole rings is 1. The maximum Gasteiger partial charge on any atom is 0.222 e. The number of nitrogens with one attached hydrogen (secondary N) is 1. The van der Waals surface area contributed by atoms with Crippen LogP contribution in [-0.2, 0) is 11.8 Å². The van der Waals surface area contributed by atoms with Crippen molar-refractivity contribution < 1.29 is 4.79 Å². The molecule has 0 saturated carbocycles. The number of benzene rings is 1. The fourth-order valence-corrected chi connectivity index (χ4v) is 4.43. The van der Waals surface area contributed by atoms with Gasteiger partial charge in [0.1, 0.15) is 6.33 Å². The Bertz CT molecular complexity index is 1310. The van der Waals surface area contributed by atoms with Gasteiger partial charge in [0.2, 0.25) is 5.91 Å². The number of aryl methyl sites for hydroxylation is 2. The molecule has 170 valence electrons. The fraction of sp³-hybridized carbons (Fsp3) is 0.375. The normalized spacial score (nSPS) is 13.9. The van der Waals surface area contributed by atoms with Gasteiger partial charge >= 0.3 is 0 Å². The minimum atomic E-state index is 0.255. The van der Waals surface area contributed by atoms with E-state index >= 15 is 0 Å². The summed E-state index contributed by atoms with van der Waals surface area (Å²) >= 11 is 0. The maximum atomic E-state index is 11.9. The summed E-state index contributed by atoms with van der Waals surface area (Å²) in [7, 11) is 1.93. The van der Waals surface area contributed by atoms with E-state index in [2.05, 4.69) is 15.4 Å². The van der Waals surface area contributed by atoms with Crippen LogP contribution in [0.25, 0.3) is 28.2 Å². The van der Waals surface area contributed by atoms with Crippen molar-refractivity contribution in [2.75, 3.05) is 25.0 Å². The van der Waals surface area contributed by atoms with Crippen LogP contribution in [0.4, 0.5) is 5.82 Å². The summed E-state index contributed by atoms with van der Waals surface area (Å²) in [4.78, 5) is 28.2. The molecule has 1 aliphatic heterocycles. The van der Waals surface area contributed by atoms with E-state index in [1.165, 1.54) is 0 Å². The van der Waals surface area contributed by atoms with Crippen molar-refractivity contribution in [2.24, 2.45) is 7.05 Å². The molecule has 4 aromatic rings. The molecule has 3 aromatic heterocycles. The Morgan fingerprint density at radius 1 is 1.12 bits per heavy atom. The van der Waals surface area contributed by atoms with Gasteiger partial charge in [-0.1, -0.05) is 18.2 Å². The lowest BCUT2D eigenvalue weighted by Crippen LogP contribution is -2.27. The molecule has 0 spiro atoms. The number of fused-ring (bicyclic) bond motifs is 1. The zero-order valence-electron chi connectivity index (χ0n) is 19.2. The molecule has 1 aromatic carbocycles. The first-order valence-electron chi connectivity index (χ1n) is 11.4. The summed E-state index contributed by atoms with van der Waals surface area (Å²) < 4.78 is 3.84. The molecule has 1 saturated heterocycles. The van der Waals surface area contributed by atoms with Crippen LogP contribution < -0.4 is 5.32 Å². The van der Waals surface area contributed by atoms with Crippen molar-refractivity contribution in [3.63, 3.8) is 0 Å². The summed E-state index contributed by atoms with van der Waals surface area (Å²) in [6.45, 7) is 6.31. The van der Waals surface area contributed by atoms with E-state index in [4.69, 9.17) is 9.97 Å². The van der Waals surface area contributed by atoms with Gasteiger partial charge in [0.25, 0.3) is 0 Å². The maximum absolute atomic E-state index is 11.9. The minimum Gasteiger partial charge on any atom is -0.368 e. The van der Waals surface area contributed by atoms with E-state index < -0.39 is 0 Å². The van der Waals surface area contributed by atoms with Gasteiger partial charge in [0.15, 0.2) is 22.8 Å². The van der Waals surface area contributed by atoms with E-state index in [1.807, 2.05) is 65.4 Å². The van der Waals surface area contributed by atoms with Gasteiger partial charge in [-0.3, -0.25) is 14.0 Å². The Hall–Kier alpha value is -3.75. The summed E-state index contributed by atoms with van der Waals surface area (Å²) in [6.07, 6.45) is 4.26. The monoisotopic (exact) mass is 444 g/mol. The third kappa shape index (κ3) is 3.94. The van der Waals surface area contributed by atoms with E-state index in [0.717, 1.165) is 59.7 Å². The quantitative estimate of drug-likeness (QED) is 0.440. The number of likely N-dealkylation sites (tertiary alicyclic amines) is 1. The molecule has 1 aliphatic rings. The number of nitrogens with zero attached hydrogens (tertiary/aromatic N) is 7.